The number of fused-ring (bicyclic) bond motifs is 2. The topological polar surface area (TPSA) is 117 Å². The number of anilines is 1. The molecule has 0 bridgehead atoms. The van der Waals surface area contributed by atoms with Crippen LogP contribution in [0.3, 0.4) is 0 Å². The first-order valence-corrected chi connectivity index (χ1v) is 20.0. The maximum atomic E-state index is 13.6. The van der Waals surface area contributed by atoms with E-state index in [0.29, 0.717) is 64.3 Å². The number of nitrogens with zero attached hydrogens (tertiary/aromatic N) is 3. The SMILES string of the molecule is COc1cc(C=C2SC(N3CCN(C(=S)Nc4ccc(-c5c6ccc(=O)cc-6oc6cc(O)ccc56)cc4)CC3)=NC2=O)ccc1OCc1ccc(C(F)(F)F)cc1C(F)(F)F. The maximum absolute atomic E-state index is 13.6. The van der Waals surface area contributed by atoms with Gasteiger partial charge >= 0.3 is 12.4 Å². The van der Waals surface area contributed by atoms with Gasteiger partial charge in [-0.2, -0.15) is 31.3 Å². The van der Waals surface area contributed by atoms with E-state index in [1.807, 2.05) is 34.1 Å². The summed E-state index contributed by atoms with van der Waals surface area (Å²) in [5.74, 6) is 0.169. The lowest BCUT2D eigenvalue weighted by Gasteiger charge is -2.36. The Morgan fingerprint density at radius 1 is 0.887 bits per heavy atom. The summed E-state index contributed by atoms with van der Waals surface area (Å²) in [5, 5.41) is 15.2. The predicted molar refractivity (Wildman–Crippen MR) is 227 cm³/mol. The summed E-state index contributed by atoms with van der Waals surface area (Å²) >= 11 is 6.95. The Morgan fingerprint density at radius 3 is 2.35 bits per heavy atom. The molecular weight excluding hydrogens is 859 g/mol. The van der Waals surface area contributed by atoms with Crippen molar-refractivity contribution in [2.75, 3.05) is 38.6 Å². The summed E-state index contributed by atoms with van der Waals surface area (Å²) < 4.78 is 97.2. The number of methoxy groups -OCH3 is 1. The average molecular weight is 891 g/mol. The summed E-state index contributed by atoms with van der Waals surface area (Å²) in [6.45, 7) is 1.47. The largest absolute Gasteiger partial charge is 0.508 e. The minimum Gasteiger partial charge on any atom is -0.508 e. The van der Waals surface area contributed by atoms with Gasteiger partial charge in [0, 0.05) is 66.1 Å². The molecule has 0 aromatic heterocycles. The van der Waals surface area contributed by atoms with Crippen molar-refractivity contribution in [2.45, 2.75) is 19.0 Å². The second-order valence-corrected chi connectivity index (χ2v) is 15.6. The van der Waals surface area contributed by atoms with Gasteiger partial charge in [-0.25, -0.2) is 0 Å². The molecule has 0 radical (unpaired) electrons. The molecule has 3 aliphatic heterocycles. The number of halogens is 6. The first-order valence-electron chi connectivity index (χ1n) is 18.8. The molecule has 1 saturated heterocycles. The number of benzene rings is 5. The third kappa shape index (κ3) is 8.92. The molecule has 1 fully saturated rings. The van der Waals surface area contributed by atoms with Gasteiger partial charge in [0.25, 0.3) is 5.91 Å². The number of amidine groups is 1. The first kappa shape index (κ1) is 42.2. The lowest BCUT2D eigenvalue weighted by molar-refractivity contribution is -0.143. The van der Waals surface area contributed by atoms with E-state index < -0.39 is 41.6 Å². The Kier molecular flexibility index (Phi) is 11.4. The summed E-state index contributed by atoms with van der Waals surface area (Å²) in [4.78, 5) is 33.7. The first-order chi connectivity index (χ1) is 29.5. The van der Waals surface area contributed by atoms with Gasteiger partial charge in [-0.05, 0) is 102 Å². The van der Waals surface area contributed by atoms with Gasteiger partial charge in [0.05, 0.1) is 23.1 Å². The number of nitrogens with one attached hydrogen (secondary N) is 1. The molecule has 3 heterocycles. The zero-order chi connectivity index (χ0) is 43.9. The van der Waals surface area contributed by atoms with Crippen LogP contribution < -0.4 is 20.2 Å². The molecule has 0 saturated carbocycles. The van der Waals surface area contributed by atoms with Crippen molar-refractivity contribution in [3.05, 3.63) is 134 Å². The lowest BCUT2D eigenvalue weighted by atomic mass is 9.93. The molecule has 4 aromatic rings. The summed E-state index contributed by atoms with van der Waals surface area (Å²) in [6.07, 6.45) is -8.40. The van der Waals surface area contributed by atoms with Crippen molar-refractivity contribution in [1.29, 1.82) is 0 Å². The van der Waals surface area contributed by atoms with E-state index in [0.717, 1.165) is 33.8 Å². The fourth-order valence-corrected chi connectivity index (χ4v) is 8.33. The van der Waals surface area contributed by atoms with Crippen molar-refractivity contribution < 1.29 is 50.1 Å². The van der Waals surface area contributed by atoms with Crippen molar-refractivity contribution in [1.82, 2.24) is 9.80 Å². The van der Waals surface area contributed by atoms with Gasteiger partial charge in [0.15, 0.2) is 27.2 Å². The van der Waals surface area contributed by atoms with Crippen molar-refractivity contribution >= 4 is 62.9 Å². The number of aromatic hydroxyl groups is 1. The number of carbonyl (C=O) groups excluding carboxylic acids is 1. The number of phenols is 1. The predicted octanol–water partition coefficient (Wildman–Crippen LogP) is 9.88. The molecule has 1 aliphatic carbocycles. The number of hydrogen-bond acceptors (Lipinski definition) is 9. The van der Waals surface area contributed by atoms with Gasteiger partial charge in [-0.1, -0.05) is 24.3 Å². The minimum atomic E-state index is -5.05. The van der Waals surface area contributed by atoms with Gasteiger partial charge in [0.1, 0.15) is 23.7 Å². The summed E-state index contributed by atoms with van der Waals surface area (Å²) in [6, 6.07) is 23.0. The van der Waals surface area contributed by atoms with E-state index in [1.54, 1.807) is 30.3 Å². The molecule has 18 heteroatoms. The number of alkyl halides is 6. The monoisotopic (exact) mass is 890 g/mol. The number of thioether (sulfide) groups is 1. The summed E-state index contributed by atoms with van der Waals surface area (Å²) in [7, 11) is 1.32. The summed E-state index contributed by atoms with van der Waals surface area (Å²) in [5.41, 5.74) is 0.621. The van der Waals surface area contributed by atoms with E-state index in [-0.39, 0.29) is 28.7 Å². The number of piperazine rings is 1. The molecule has 0 atom stereocenters. The van der Waals surface area contributed by atoms with Crippen molar-refractivity contribution in [3.8, 4) is 39.7 Å². The average Bonchev–Trinajstić information content (AvgIpc) is 3.60. The van der Waals surface area contributed by atoms with E-state index in [4.69, 9.17) is 26.1 Å². The number of rotatable bonds is 7. The van der Waals surface area contributed by atoms with Crippen LogP contribution in [0.25, 0.3) is 39.5 Å². The second-order valence-electron chi connectivity index (χ2n) is 14.2. The van der Waals surface area contributed by atoms with Crippen LogP contribution in [0.5, 0.6) is 17.2 Å². The molecule has 10 nitrogen and oxygen atoms in total. The lowest BCUT2D eigenvalue weighted by Crippen LogP contribution is -2.50. The van der Waals surface area contributed by atoms with Gasteiger partial charge in [-0.3, -0.25) is 9.59 Å². The smallest absolute Gasteiger partial charge is 0.416 e. The molecule has 318 valence electrons. The molecule has 0 spiro atoms. The maximum Gasteiger partial charge on any atom is 0.416 e. The number of amides is 1. The zero-order valence-corrected chi connectivity index (χ0v) is 33.9. The fraction of sp³-hybridized carbons (Fsp3) is 0.182. The van der Waals surface area contributed by atoms with Gasteiger partial charge < -0.3 is 34.1 Å². The number of phenolic OH excluding ortho intramolecular Hbond substituents is 1. The molecule has 2 N–H and O–H groups in total. The highest BCUT2D eigenvalue weighted by Gasteiger charge is 2.38. The fourth-order valence-electron chi connectivity index (χ4n) is 7.07. The quantitative estimate of drug-likeness (QED) is 0.0691. The van der Waals surface area contributed by atoms with Crippen molar-refractivity contribution in [3.63, 3.8) is 0 Å². The van der Waals surface area contributed by atoms with Crippen LogP contribution in [-0.2, 0) is 23.8 Å². The Morgan fingerprint density at radius 2 is 1.65 bits per heavy atom. The number of thiocarbonyl (C=S) groups is 1. The van der Waals surface area contributed by atoms with Gasteiger partial charge in [-0.15, -0.1) is 0 Å². The molecule has 1 amide bonds. The number of carbonyl (C=O) groups is 1. The van der Waals surface area contributed by atoms with Crippen LogP contribution in [0.15, 0.2) is 116 Å². The number of hydrogen-bond donors (Lipinski definition) is 2. The number of ether oxygens (including phenoxy) is 2. The zero-order valence-electron chi connectivity index (χ0n) is 32.3. The van der Waals surface area contributed by atoms with Crippen LogP contribution in [0.2, 0.25) is 0 Å². The highest BCUT2D eigenvalue weighted by molar-refractivity contribution is 8.18. The third-order valence-electron chi connectivity index (χ3n) is 10.2. The van der Waals surface area contributed by atoms with E-state index >= 15 is 0 Å². The van der Waals surface area contributed by atoms with Crippen LogP contribution in [0.4, 0.5) is 32.0 Å². The standard InChI is InChI=1S/C44H32F6N4O6S2/c1-58-37-18-24(2-13-34(37)59-23-26-3-6-27(43(45,46)47)20-33(26)44(48,49)50)19-38-40(57)52-42(62-38)54-16-14-53(15-17-54)41(61)51-28-7-4-25(5-8-28)39-31-11-9-29(55)21-35(31)60-36-22-30(56)10-12-32(36)39/h2-13,18-22,55H,14-17,23H2,1H3,(H,51,61). The molecule has 8 rings (SSSR count). The van der Waals surface area contributed by atoms with E-state index in [2.05, 4.69) is 10.3 Å². The Labute approximate surface area is 358 Å². The van der Waals surface area contributed by atoms with Crippen LogP contribution in [-0.4, -0.2) is 64.4 Å². The highest BCUT2D eigenvalue weighted by Crippen LogP contribution is 2.42. The van der Waals surface area contributed by atoms with Crippen LogP contribution >= 0.6 is 24.0 Å². The Hall–Kier alpha value is -6.53. The van der Waals surface area contributed by atoms with Gasteiger partial charge in [0.2, 0.25) is 0 Å². The normalized spacial score (nSPS) is 15.4. The third-order valence-corrected chi connectivity index (χ3v) is 11.6. The molecule has 4 aliphatic rings. The number of aliphatic imine (C=N–C) groups is 1. The molecule has 0 unspecified atom stereocenters. The van der Waals surface area contributed by atoms with Crippen LogP contribution in [0, 0.1) is 0 Å². The molecular formula is C44H32F6N4O6S2. The Balaban J connectivity index is 0.875. The second kappa shape index (κ2) is 16.7. The minimum absolute atomic E-state index is 0.0414. The van der Waals surface area contributed by atoms with E-state index in [1.165, 1.54) is 49.2 Å². The van der Waals surface area contributed by atoms with Crippen LogP contribution in [0.1, 0.15) is 22.3 Å². The van der Waals surface area contributed by atoms with Crippen molar-refractivity contribution in [2.24, 2.45) is 4.99 Å². The Bertz CT molecular complexity index is 2820. The highest BCUT2D eigenvalue weighted by atomic mass is 32.2. The van der Waals surface area contributed by atoms with E-state index in [9.17, 15) is 41.0 Å². The molecule has 62 heavy (non-hydrogen) atoms. The molecule has 4 aromatic carbocycles.